The molecule has 0 aliphatic carbocycles. The lowest BCUT2D eigenvalue weighted by atomic mass is 10.1. The van der Waals surface area contributed by atoms with E-state index in [0.717, 1.165) is 5.56 Å². The standard InChI is InChI=1S/C9H14N2O2/c1-13-9(12)8(10)5-7-3-2-4-11-6-7/h2-4,6,8-9,12H,5,10H2,1H3/t8-,9?/m1/s1. The highest BCUT2D eigenvalue weighted by atomic mass is 16.6. The molecule has 0 aliphatic rings. The van der Waals surface area contributed by atoms with Crippen LogP contribution in [0.1, 0.15) is 5.56 Å². The molecule has 2 atom stereocenters. The Morgan fingerprint density at radius 3 is 3.00 bits per heavy atom. The van der Waals surface area contributed by atoms with E-state index in [1.807, 2.05) is 12.1 Å². The Kier molecular flexibility index (Phi) is 3.82. The number of aliphatic hydroxyl groups is 1. The van der Waals surface area contributed by atoms with Gasteiger partial charge in [0.25, 0.3) is 0 Å². The molecule has 0 spiro atoms. The second-order valence-electron chi connectivity index (χ2n) is 2.86. The third-order valence-electron chi connectivity index (χ3n) is 1.80. The van der Waals surface area contributed by atoms with Crippen LogP contribution in [0, 0.1) is 0 Å². The highest BCUT2D eigenvalue weighted by molar-refractivity contribution is 5.10. The minimum absolute atomic E-state index is 0.408. The van der Waals surface area contributed by atoms with Crippen LogP contribution in [0.25, 0.3) is 0 Å². The molecule has 1 heterocycles. The molecule has 0 amide bonds. The molecule has 1 aromatic rings. The second kappa shape index (κ2) is 4.91. The second-order valence-corrected chi connectivity index (χ2v) is 2.86. The lowest BCUT2D eigenvalue weighted by Crippen LogP contribution is -2.37. The summed E-state index contributed by atoms with van der Waals surface area (Å²) in [6.45, 7) is 0. The first-order chi connectivity index (χ1) is 6.24. The van der Waals surface area contributed by atoms with Crippen LogP contribution < -0.4 is 5.73 Å². The fraction of sp³-hybridized carbons (Fsp3) is 0.444. The summed E-state index contributed by atoms with van der Waals surface area (Å²) in [6, 6.07) is 3.34. The first kappa shape index (κ1) is 10.1. The van der Waals surface area contributed by atoms with Gasteiger partial charge >= 0.3 is 0 Å². The third kappa shape index (κ3) is 3.10. The number of aliphatic hydroxyl groups excluding tert-OH is 1. The van der Waals surface area contributed by atoms with E-state index in [-0.39, 0.29) is 0 Å². The van der Waals surface area contributed by atoms with Crippen molar-refractivity contribution in [3.63, 3.8) is 0 Å². The van der Waals surface area contributed by atoms with Gasteiger partial charge in [0, 0.05) is 19.5 Å². The Hall–Kier alpha value is -0.970. The molecule has 1 rings (SSSR count). The summed E-state index contributed by atoms with van der Waals surface area (Å²) in [5.41, 5.74) is 6.65. The number of hydrogen-bond acceptors (Lipinski definition) is 4. The van der Waals surface area contributed by atoms with E-state index in [1.165, 1.54) is 7.11 Å². The molecule has 1 unspecified atom stereocenters. The normalized spacial score (nSPS) is 15.3. The number of nitrogens with two attached hydrogens (primary N) is 1. The van der Waals surface area contributed by atoms with Crippen LogP contribution in [0.15, 0.2) is 24.5 Å². The molecule has 13 heavy (non-hydrogen) atoms. The number of methoxy groups -OCH3 is 1. The molecule has 0 bridgehead atoms. The zero-order chi connectivity index (χ0) is 9.68. The van der Waals surface area contributed by atoms with Crippen molar-refractivity contribution in [3.8, 4) is 0 Å². The summed E-state index contributed by atoms with van der Waals surface area (Å²) in [6.07, 6.45) is 3.06. The monoisotopic (exact) mass is 182 g/mol. The fourth-order valence-electron chi connectivity index (χ4n) is 1.07. The quantitative estimate of drug-likeness (QED) is 0.639. The van der Waals surface area contributed by atoms with Crippen molar-refractivity contribution in [3.05, 3.63) is 30.1 Å². The number of nitrogens with zero attached hydrogens (tertiary/aromatic N) is 1. The van der Waals surface area contributed by atoms with Crippen molar-refractivity contribution in [2.45, 2.75) is 18.8 Å². The zero-order valence-electron chi connectivity index (χ0n) is 7.55. The number of ether oxygens (including phenoxy) is 1. The van der Waals surface area contributed by atoms with Gasteiger partial charge in [-0.15, -0.1) is 0 Å². The Balaban J connectivity index is 2.50. The van der Waals surface area contributed by atoms with E-state index < -0.39 is 12.3 Å². The van der Waals surface area contributed by atoms with E-state index in [2.05, 4.69) is 4.98 Å². The van der Waals surface area contributed by atoms with Crippen LogP contribution in [-0.4, -0.2) is 29.5 Å². The van der Waals surface area contributed by atoms with Crippen LogP contribution in [-0.2, 0) is 11.2 Å². The first-order valence-electron chi connectivity index (χ1n) is 4.09. The summed E-state index contributed by atoms with van der Waals surface area (Å²) in [5.74, 6) is 0. The minimum Gasteiger partial charge on any atom is -0.367 e. The SMILES string of the molecule is COC(O)[C@H](N)Cc1cccnc1. The van der Waals surface area contributed by atoms with Crippen LogP contribution in [0.3, 0.4) is 0 Å². The van der Waals surface area contributed by atoms with Crippen molar-refractivity contribution in [2.75, 3.05) is 7.11 Å². The zero-order valence-corrected chi connectivity index (χ0v) is 7.55. The Labute approximate surface area is 77.4 Å². The van der Waals surface area contributed by atoms with E-state index in [1.54, 1.807) is 12.4 Å². The van der Waals surface area contributed by atoms with E-state index in [4.69, 9.17) is 10.5 Å². The van der Waals surface area contributed by atoms with Crippen LogP contribution in [0.5, 0.6) is 0 Å². The molecule has 0 radical (unpaired) electrons. The topological polar surface area (TPSA) is 68.4 Å². The predicted octanol–water partition coefficient (Wildman–Crippen LogP) is -0.0838. The average Bonchev–Trinajstić information content (AvgIpc) is 2.18. The Bertz CT molecular complexity index is 241. The Morgan fingerprint density at radius 2 is 2.46 bits per heavy atom. The lowest BCUT2D eigenvalue weighted by molar-refractivity contribution is -0.0890. The van der Waals surface area contributed by atoms with Crippen molar-refractivity contribution in [1.82, 2.24) is 4.98 Å². The molecule has 0 fully saturated rings. The van der Waals surface area contributed by atoms with Crippen molar-refractivity contribution >= 4 is 0 Å². The molecule has 72 valence electrons. The van der Waals surface area contributed by atoms with Gasteiger partial charge < -0.3 is 15.6 Å². The van der Waals surface area contributed by atoms with Gasteiger partial charge in [-0.1, -0.05) is 6.07 Å². The Morgan fingerprint density at radius 1 is 1.69 bits per heavy atom. The molecule has 3 N–H and O–H groups in total. The molecule has 0 saturated carbocycles. The molecular formula is C9H14N2O2. The lowest BCUT2D eigenvalue weighted by Gasteiger charge is -2.16. The van der Waals surface area contributed by atoms with Crippen LogP contribution in [0.2, 0.25) is 0 Å². The molecule has 0 saturated heterocycles. The van der Waals surface area contributed by atoms with Gasteiger partial charge in [-0.25, -0.2) is 0 Å². The maximum Gasteiger partial charge on any atom is 0.169 e. The molecule has 4 heteroatoms. The smallest absolute Gasteiger partial charge is 0.169 e. The van der Waals surface area contributed by atoms with Crippen molar-refractivity contribution < 1.29 is 9.84 Å². The summed E-state index contributed by atoms with van der Waals surface area (Å²) in [7, 11) is 1.42. The van der Waals surface area contributed by atoms with Gasteiger partial charge in [0.1, 0.15) is 0 Å². The van der Waals surface area contributed by atoms with Gasteiger partial charge in [-0.3, -0.25) is 4.98 Å². The summed E-state index contributed by atoms with van der Waals surface area (Å²) in [5, 5.41) is 9.22. The molecule has 0 aromatic carbocycles. The van der Waals surface area contributed by atoms with Gasteiger partial charge in [-0.05, 0) is 18.1 Å². The summed E-state index contributed by atoms with van der Waals surface area (Å²) < 4.78 is 4.69. The van der Waals surface area contributed by atoms with E-state index in [9.17, 15) is 5.11 Å². The molecular weight excluding hydrogens is 168 g/mol. The molecule has 1 aromatic heterocycles. The van der Waals surface area contributed by atoms with E-state index >= 15 is 0 Å². The van der Waals surface area contributed by atoms with Crippen molar-refractivity contribution in [1.29, 1.82) is 0 Å². The average molecular weight is 182 g/mol. The largest absolute Gasteiger partial charge is 0.367 e. The van der Waals surface area contributed by atoms with Gasteiger partial charge in [0.2, 0.25) is 0 Å². The van der Waals surface area contributed by atoms with Gasteiger partial charge in [0.05, 0.1) is 6.04 Å². The number of aromatic nitrogens is 1. The molecule has 0 aliphatic heterocycles. The van der Waals surface area contributed by atoms with Gasteiger partial charge in [0.15, 0.2) is 6.29 Å². The number of pyridine rings is 1. The molecule has 4 nitrogen and oxygen atoms in total. The first-order valence-corrected chi connectivity index (χ1v) is 4.09. The fourth-order valence-corrected chi connectivity index (χ4v) is 1.07. The van der Waals surface area contributed by atoms with Crippen LogP contribution in [0.4, 0.5) is 0 Å². The third-order valence-corrected chi connectivity index (χ3v) is 1.80. The highest BCUT2D eigenvalue weighted by Gasteiger charge is 2.13. The van der Waals surface area contributed by atoms with Crippen LogP contribution >= 0.6 is 0 Å². The number of rotatable bonds is 4. The highest BCUT2D eigenvalue weighted by Crippen LogP contribution is 2.02. The number of hydrogen-bond donors (Lipinski definition) is 2. The summed E-state index contributed by atoms with van der Waals surface area (Å²) >= 11 is 0. The maximum absolute atomic E-state index is 9.22. The minimum atomic E-state index is -0.916. The maximum atomic E-state index is 9.22. The van der Waals surface area contributed by atoms with E-state index in [0.29, 0.717) is 6.42 Å². The van der Waals surface area contributed by atoms with Crippen molar-refractivity contribution in [2.24, 2.45) is 5.73 Å². The summed E-state index contributed by atoms with van der Waals surface area (Å²) in [4.78, 5) is 3.94. The van der Waals surface area contributed by atoms with Gasteiger partial charge in [-0.2, -0.15) is 0 Å². The predicted molar refractivity (Wildman–Crippen MR) is 48.9 cm³/mol.